The maximum Gasteiger partial charge on any atom is 0.410 e. The maximum atomic E-state index is 12.5. The van der Waals surface area contributed by atoms with E-state index in [9.17, 15) is 58.8 Å². The normalized spacial score (nSPS) is 17.5. The van der Waals surface area contributed by atoms with Crippen LogP contribution in [0.5, 0.6) is 23.0 Å². The Bertz CT molecular complexity index is 6030. The molecule has 4 fully saturated rings. The monoisotopic (exact) mass is 1980 g/mol. The summed E-state index contributed by atoms with van der Waals surface area (Å²) in [4.78, 5) is 121. The van der Waals surface area contributed by atoms with E-state index >= 15 is 0 Å². The minimum atomic E-state index is -0.894. The summed E-state index contributed by atoms with van der Waals surface area (Å²) in [6, 6.07) is 69.5. The number of carboxylic acid groups (broad SMARTS) is 4. The number of hydrogen-bond acceptors (Lipinski definition) is 25. The minimum absolute atomic E-state index is 0.156. The number of amides is 4. The molecule has 4 amide bonds. The first-order chi connectivity index (χ1) is 69.5. The maximum absolute atomic E-state index is 12.5. The Morgan fingerprint density at radius 1 is 0.345 bits per heavy atom. The van der Waals surface area contributed by atoms with Gasteiger partial charge in [-0.05, 0) is 244 Å². The number of rotatable bonds is 35. The number of ether oxygens (including phenoxy) is 8. The SMILES string of the molecule is CC(C)COC(=O)N1C[C@@H](Cc2ccc(OCCc3noc(-c4ccccc4)n3)cc2)[C@@H](C(=O)O)C1.CCOC(=O)N1C[C@@H](Cc2ccc(OCCc3nc(-c4ccccc4)oc3C)cc2)[C@@H](C(=O)O)C1.Cc1oc(-c2ccccc2)nc1CCOc1ccc(C[C@@H]2CN(C(=O)OC(C)(C)C)C[C@@H]2C(=O)O)cc1.Cc1oc(-c2ccccc2)nc1CCOc1ccc(C[C@@H]2CN(C(=O)OC(C)(C)C)C[C@H]2C(=O)O)cc1. The van der Waals surface area contributed by atoms with Gasteiger partial charge in [0.05, 0.1) is 80.4 Å². The van der Waals surface area contributed by atoms with E-state index in [1.165, 1.54) is 19.6 Å². The number of hydrogen-bond donors (Lipinski definition) is 4. The number of likely N-dealkylation sites (tertiary alicyclic amines) is 4. The Labute approximate surface area is 843 Å². The number of carbonyl (C=O) groups excluding carboxylic acids is 4. The highest BCUT2D eigenvalue weighted by Gasteiger charge is 2.45. The number of carbonyl (C=O) groups is 8. The van der Waals surface area contributed by atoms with Crippen molar-refractivity contribution in [1.82, 2.24) is 44.7 Å². The van der Waals surface area contributed by atoms with Crippen molar-refractivity contribution in [3.05, 3.63) is 281 Å². The third-order valence-electron chi connectivity index (χ3n) is 25.0. The Hall–Kier alpha value is -15.3. The second kappa shape index (κ2) is 50.6. The van der Waals surface area contributed by atoms with Gasteiger partial charge < -0.3 is 95.7 Å². The molecule has 4 aliphatic heterocycles. The molecule has 8 heterocycles. The van der Waals surface area contributed by atoms with E-state index in [1.54, 1.807) is 48.5 Å². The quantitative estimate of drug-likeness (QED) is 0.0268. The lowest BCUT2D eigenvalue weighted by Gasteiger charge is -2.24. The first-order valence-corrected chi connectivity index (χ1v) is 49.0. The lowest BCUT2D eigenvalue weighted by atomic mass is 9.90. The lowest BCUT2D eigenvalue weighted by molar-refractivity contribution is -0.143. The lowest BCUT2D eigenvalue weighted by Crippen LogP contribution is -2.36. The smallest absolute Gasteiger partial charge is 0.410 e. The summed E-state index contributed by atoms with van der Waals surface area (Å²) in [6.45, 7) is 26.6. The van der Waals surface area contributed by atoms with Crippen LogP contribution in [-0.4, -0.2) is 217 Å². The van der Waals surface area contributed by atoms with E-state index in [-0.39, 0.29) is 62.4 Å². The van der Waals surface area contributed by atoms with Crippen molar-refractivity contribution >= 4 is 48.3 Å². The number of aliphatic carboxylic acids is 4. The van der Waals surface area contributed by atoms with Gasteiger partial charge in [-0.15, -0.1) is 0 Å². The second-order valence-electron chi connectivity index (χ2n) is 38.9. The summed E-state index contributed by atoms with van der Waals surface area (Å²) >= 11 is 0. The van der Waals surface area contributed by atoms with Gasteiger partial charge >= 0.3 is 48.3 Å². The van der Waals surface area contributed by atoms with E-state index in [0.29, 0.717) is 146 Å². The van der Waals surface area contributed by atoms with Crippen LogP contribution in [0.2, 0.25) is 0 Å². The largest absolute Gasteiger partial charge is 0.493 e. The molecule has 0 aliphatic carbocycles. The molecule has 12 aromatic rings. The fourth-order valence-electron chi connectivity index (χ4n) is 17.5. The van der Waals surface area contributed by atoms with Gasteiger partial charge in [0, 0.05) is 100 Å². The highest BCUT2D eigenvalue weighted by atomic mass is 16.6. The molecule has 8 atom stereocenters. The van der Waals surface area contributed by atoms with Crippen LogP contribution >= 0.6 is 0 Å². The van der Waals surface area contributed by atoms with E-state index in [0.717, 1.165) is 96.1 Å². The molecule has 0 unspecified atom stereocenters. The molecule has 4 aromatic heterocycles. The second-order valence-corrected chi connectivity index (χ2v) is 38.9. The standard InChI is InChI=1S/2C29H34N2O6.C27H31N3O6.C27H30N2O6/c2*1-19-25(30-26(36-19)21-8-6-5-7-9-21)14-15-35-23-12-10-20(11-13-23)16-22-17-31(18-24(22)27(32)33)28(34)37-29(2,3)4;1-18(2)17-35-27(33)30-15-21(23(16-30)26(31)32)14-19-8-10-22(11-9-19)34-13-12-24-28-25(36-29-24)20-6-4-3-5-7-20;1-3-33-27(32)29-16-21(23(17-29)26(30)31)15-19-9-11-22(12-10-19)34-14-13-24-18(2)35-25(28-24)20-7-5-4-6-8-20/h2*5-13,22,24H,14-18H2,1-4H3,(H,32,33);3-11,18,21,23H,12-17H2,1-2H3,(H,31,32);4-12,21,23H,3,13-17H2,1-2H3,(H,30,31)/t22-,24+;22-,24-;2*21-,23+/m1111/s1. The highest BCUT2D eigenvalue weighted by molar-refractivity contribution is 5.78. The molecular formula is C112H129N9O24. The van der Waals surface area contributed by atoms with Gasteiger partial charge in [-0.1, -0.05) is 140 Å². The molecule has 766 valence electrons. The zero-order valence-electron chi connectivity index (χ0n) is 84.0. The van der Waals surface area contributed by atoms with Crippen molar-refractivity contribution in [3.8, 4) is 68.8 Å². The molecule has 33 heteroatoms. The van der Waals surface area contributed by atoms with Crippen molar-refractivity contribution in [2.24, 2.45) is 53.3 Å². The molecule has 4 N–H and O–H groups in total. The fraction of sp³-hybridized carbons (Fsp3) is 0.402. The fourth-order valence-corrected chi connectivity index (χ4v) is 17.5. The van der Waals surface area contributed by atoms with Crippen molar-refractivity contribution in [3.63, 3.8) is 0 Å². The van der Waals surface area contributed by atoms with E-state index in [1.807, 2.05) is 253 Å². The average Bonchev–Trinajstić information content (AvgIpc) is 1.54. The Morgan fingerprint density at radius 3 is 0.869 bits per heavy atom. The van der Waals surface area contributed by atoms with Crippen LogP contribution in [0, 0.1) is 74.0 Å². The molecule has 4 aliphatic rings. The molecule has 8 aromatic carbocycles. The van der Waals surface area contributed by atoms with Crippen LogP contribution in [0.4, 0.5) is 19.2 Å². The summed E-state index contributed by atoms with van der Waals surface area (Å²) in [6.07, 6.45) is 2.74. The van der Waals surface area contributed by atoms with Crippen molar-refractivity contribution in [1.29, 1.82) is 0 Å². The van der Waals surface area contributed by atoms with Crippen LogP contribution in [0.3, 0.4) is 0 Å². The number of benzene rings is 8. The van der Waals surface area contributed by atoms with Crippen LogP contribution < -0.4 is 18.9 Å². The van der Waals surface area contributed by atoms with Crippen LogP contribution in [0.15, 0.2) is 236 Å². The summed E-state index contributed by atoms with van der Waals surface area (Å²) in [5, 5.41) is 42.7. The van der Waals surface area contributed by atoms with E-state index < -0.39 is 83.1 Å². The Kier molecular flexibility index (Phi) is 37.3. The minimum Gasteiger partial charge on any atom is -0.493 e. The number of carboxylic acids is 4. The summed E-state index contributed by atoms with van der Waals surface area (Å²) in [7, 11) is 0. The topological polar surface area (TPSA) is 421 Å². The molecule has 4 saturated heterocycles. The first kappa shape index (κ1) is 107. The van der Waals surface area contributed by atoms with Crippen molar-refractivity contribution in [2.75, 3.05) is 92.0 Å². The Morgan fingerprint density at radius 2 is 0.607 bits per heavy atom. The van der Waals surface area contributed by atoms with Gasteiger partial charge in [-0.2, -0.15) is 4.98 Å². The zero-order valence-corrected chi connectivity index (χ0v) is 84.0. The van der Waals surface area contributed by atoms with Crippen molar-refractivity contribution < 1.29 is 114 Å². The predicted octanol–water partition coefficient (Wildman–Crippen LogP) is 19.7. The predicted molar refractivity (Wildman–Crippen MR) is 538 cm³/mol. The van der Waals surface area contributed by atoms with Gasteiger partial charge in [-0.3, -0.25) is 19.2 Å². The Balaban J connectivity index is 0.000000162. The molecule has 0 saturated carbocycles. The van der Waals surface area contributed by atoms with E-state index in [2.05, 4.69) is 25.1 Å². The molecule has 33 nitrogen and oxygen atoms in total. The molecule has 16 rings (SSSR count). The summed E-state index contributed by atoms with van der Waals surface area (Å²) in [5.41, 5.74) is 9.02. The van der Waals surface area contributed by atoms with Gasteiger partial charge in [-0.25, -0.2) is 34.1 Å². The van der Waals surface area contributed by atoms with Crippen LogP contribution in [0.1, 0.15) is 125 Å². The van der Waals surface area contributed by atoms with Crippen LogP contribution in [-0.2, 0) is 89.5 Å². The molecule has 0 radical (unpaired) electrons. The molecule has 145 heavy (non-hydrogen) atoms. The summed E-state index contributed by atoms with van der Waals surface area (Å²) in [5.74, 6) is 1.53. The van der Waals surface area contributed by atoms with E-state index in [4.69, 9.17) is 55.7 Å². The molecule has 0 spiro atoms. The van der Waals surface area contributed by atoms with Gasteiger partial charge in [0.1, 0.15) is 51.5 Å². The average molecular weight is 1990 g/mol. The first-order valence-electron chi connectivity index (χ1n) is 49.0. The molecule has 0 bridgehead atoms. The summed E-state index contributed by atoms with van der Waals surface area (Å²) < 4.78 is 67.5. The highest BCUT2D eigenvalue weighted by Crippen LogP contribution is 2.36. The third kappa shape index (κ3) is 31.6. The van der Waals surface area contributed by atoms with Crippen molar-refractivity contribution in [2.45, 2.75) is 146 Å². The number of oxazole rings is 3. The van der Waals surface area contributed by atoms with Gasteiger partial charge in [0.15, 0.2) is 5.82 Å². The van der Waals surface area contributed by atoms with Crippen LogP contribution in [0.25, 0.3) is 45.8 Å². The number of aromatic nitrogens is 5. The molecular weight excluding hydrogens is 1860 g/mol. The number of nitrogens with zero attached hydrogens (tertiary/aromatic N) is 9. The number of aryl methyl sites for hydroxylation is 3. The van der Waals surface area contributed by atoms with Gasteiger partial charge in [0.25, 0.3) is 5.89 Å². The van der Waals surface area contributed by atoms with Gasteiger partial charge in [0.2, 0.25) is 17.7 Å². The zero-order chi connectivity index (χ0) is 103. The third-order valence-corrected chi connectivity index (χ3v) is 25.0.